The first-order chi connectivity index (χ1) is 11.4. The Morgan fingerprint density at radius 2 is 2.21 bits per heavy atom. The van der Waals surface area contributed by atoms with Gasteiger partial charge in [0.2, 0.25) is 0 Å². The van der Waals surface area contributed by atoms with Crippen molar-refractivity contribution in [1.82, 2.24) is 14.9 Å². The van der Waals surface area contributed by atoms with Gasteiger partial charge in [-0.05, 0) is 31.4 Å². The van der Waals surface area contributed by atoms with Crippen molar-refractivity contribution in [3.63, 3.8) is 0 Å². The van der Waals surface area contributed by atoms with Crippen molar-refractivity contribution in [2.75, 3.05) is 24.5 Å². The van der Waals surface area contributed by atoms with Crippen molar-refractivity contribution < 1.29 is 4.79 Å². The van der Waals surface area contributed by atoms with E-state index < -0.39 is 0 Å². The Balaban J connectivity index is 1.80. The van der Waals surface area contributed by atoms with Gasteiger partial charge in [-0.2, -0.15) is 5.26 Å². The molecule has 1 aromatic carbocycles. The van der Waals surface area contributed by atoms with E-state index >= 15 is 0 Å². The Morgan fingerprint density at radius 3 is 2.88 bits per heavy atom. The summed E-state index contributed by atoms with van der Waals surface area (Å²) in [6.45, 7) is 8.26. The number of nitriles is 1. The third kappa shape index (κ3) is 2.94. The summed E-state index contributed by atoms with van der Waals surface area (Å²) in [5.74, 6) is 0.553. The molecule has 0 spiro atoms. The third-order valence-corrected chi connectivity index (χ3v) is 4.46. The number of imidazole rings is 1. The maximum absolute atomic E-state index is 12.4. The molecule has 24 heavy (non-hydrogen) atoms. The molecule has 6 heteroatoms. The first kappa shape index (κ1) is 16.3. The lowest BCUT2D eigenvalue weighted by atomic mass is 9.83. The average Bonchev–Trinajstić information content (AvgIpc) is 2.95. The third-order valence-electron chi connectivity index (χ3n) is 4.46. The van der Waals surface area contributed by atoms with Gasteiger partial charge in [-0.3, -0.25) is 4.57 Å². The maximum atomic E-state index is 12.4. The molecule has 2 heterocycles. The van der Waals surface area contributed by atoms with Gasteiger partial charge in [0.1, 0.15) is 11.8 Å². The van der Waals surface area contributed by atoms with Crippen LogP contribution in [0, 0.1) is 22.7 Å². The van der Waals surface area contributed by atoms with Crippen LogP contribution >= 0.6 is 0 Å². The van der Waals surface area contributed by atoms with Gasteiger partial charge < -0.3 is 10.2 Å². The molecule has 2 aromatic rings. The molecule has 0 aliphatic carbocycles. The summed E-state index contributed by atoms with van der Waals surface area (Å²) >= 11 is 0. The lowest BCUT2D eigenvalue weighted by molar-refractivity contribution is 0.242. The minimum Gasteiger partial charge on any atom is -0.366 e. The Labute approximate surface area is 142 Å². The number of anilines is 1. The number of amides is 1. The van der Waals surface area contributed by atoms with Gasteiger partial charge in [-0.1, -0.05) is 19.9 Å². The van der Waals surface area contributed by atoms with E-state index in [1.165, 1.54) is 0 Å². The van der Waals surface area contributed by atoms with Crippen molar-refractivity contribution in [3.05, 3.63) is 24.5 Å². The zero-order valence-corrected chi connectivity index (χ0v) is 14.4. The number of aromatic nitrogens is 2. The first-order valence-corrected chi connectivity index (χ1v) is 8.34. The average molecular weight is 325 g/mol. The first-order valence-electron chi connectivity index (χ1n) is 8.34. The van der Waals surface area contributed by atoms with E-state index in [0.29, 0.717) is 25.6 Å². The molecule has 0 bridgehead atoms. The highest BCUT2D eigenvalue weighted by molar-refractivity contribution is 5.95. The van der Waals surface area contributed by atoms with Crippen molar-refractivity contribution in [2.45, 2.75) is 27.2 Å². The van der Waals surface area contributed by atoms with Crippen LogP contribution in [-0.4, -0.2) is 35.2 Å². The largest absolute Gasteiger partial charge is 0.366 e. The summed E-state index contributed by atoms with van der Waals surface area (Å²) in [7, 11) is 0. The van der Waals surface area contributed by atoms with E-state index in [9.17, 15) is 10.1 Å². The second-order valence-electron chi connectivity index (χ2n) is 7.20. The van der Waals surface area contributed by atoms with E-state index in [4.69, 9.17) is 0 Å². The van der Waals surface area contributed by atoms with Crippen LogP contribution in [0.15, 0.2) is 24.5 Å². The Kier molecular flexibility index (Phi) is 4.18. The number of fused-ring (bicyclic) bond motifs is 1. The summed E-state index contributed by atoms with van der Waals surface area (Å²) < 4.78 is 1.56. The summed E-state index contributed by atoms with van der Waals surface area (Å²) in [4.78, 5) is 18.9. The van der Waals surface area contributed by atoms with Crippen LogP contribution in [0.1, 0.15) is 27.2 Å². The van der Waals surface area contributed by atoms with Crippen molar-refractivity contribution in [3.8, 4) is 6.07 Å². The van der Waals surface area contributed by atoms with E-state index in [1.54, 1.807) is 10.9 Å². The van der Waals surface area contributed by atoms with E-state index in [-0.39, 0.29) is 11.4 Å². The minimum atomic E-state index is -0.293. The number of nitrogens with zero attached hydrogens (tertiary/aromatic N) is 4. The van der Waals surface area contributed by atoms with Crippen LogP contribution in [0.5, 0.6) is 0 Å². The summed E-state index contributed by atoms with van der Waals surface area (Å²) in [5.41, 5.74) is 2.28. The van der Waals surface area contributed by atoms with Gasteiger partial charge in [0.05, 0.1) is 22.7 Å². The second kappa shape index (κ2) is 6.16. The molecule has 1 aliphatic rings. The topological polar surface area (TPSA) is 74.0 Å². The molecule has 1 aliphatic heterocycles. The molecule has 6 nitrogen and oxygen atoms in total. The highest BCUT2D eigenvalue weighted by atomic mass is 16.2. The van der Waals surface area contributed by atoms with E-state index in [0.717, 1.165) is 23.1 Å². The van der Waals surface area contributed by atoms with Crippen LogP contribution in [0.3, 0.4) is 0 Å². The summed E-state index contributed by atoms with van der Waals surface area (Å²) in [6, 6.07) is 8.02. The number of hydrogen-bond acceptors (Lipinski definition) is 4. The van der Waals surface area contributed by atoms with Gasteiger partial charge in [0.25, 0.3) is 0 Å². The van der Waals surface area contributed by atoms with Gasteiger partial charge >= 0.3 is 6.03 Å². The molecule has 1 saturated heterocycles. The number of carbonyl (C=O) groups is 1. The highest BCUT2D eigenvalue weighted by Gasteiger charge is 2.39. The van der Waals surface area contributed by atoms with Crippen LogP contribution < -0.4 is 10.2 Å². The molecule has 0 radical (unpaired) electrons. The van der Waals surface area contributed by atoms with E-state index in [2.05, 4.69) is 35.1 Å². The van der Waals surface area contributed by atoms with Gasteiger partial charge in [-0.15, -0.1) is 0 Å². The normalized spacial score (nSPS) is 16.0. The molecule has 1 fully saturated rings. The van der Waals surface area contributed by atoms with Crippen molar-refractivity contribution >= 4 is 22.8 Å². The minimum absolute atomic E-state index is 0.152. The molecule has 0 atom stereocenters. The quantitative estimate of drug-likeness (QED) is 0.938. The lowest BCUT2D eigenvalue weighted by Gasteiger charge is -2.44. The van der Waals surface area contributed by atoms with Crippen LogP contribution in [0.25, 0.3) is 11.0 Å². The SMILES string of the molecule is CC(C)CCNC(=O)n1cnc2c(N3CC(C)(C#N)C3)cccc21. The molecule has 1 N–H and O–H groups in total. The number of carbonyl (C=O) groups excluding carboxylic acids is 1. The number of benzene rings is 1. The summed E-state index contributed by atoms with van der Waals surface area (Å²) in [6.07, 6.45) is 2.52. The van der Waals surface area contributed by atoms with Crippen molar-refractivity contribution in [1.29, 1.82) is 5.26 Å². The fourth-order valence-corrected chi connectivity index (χ4v) is 3.03. The molecular weight excluding hydrogens is 302 g/mol. The molecule has 0 unspecified atom stereocenters. The highest BCUT2D eigenvalue weighted by Crippen LogP contribution is 2.36. The monoisotopic (exact) mass is 325 g/mol. The smallest absolute Gasteiger partial charge is 0.327 e. The predicted molar refractivity (Wildman–Crippen MR) is 93.9 cm³/mol. The Bertz CT molecular complexity index is 795. The zero-order valence-electron chi connectivity index (χ0n) is 14.4. The summed E-state index contributed by atoms with van der Waals surface area (Å²) in [5, 5.41) is 12.1. The van der Waals surface area contributed by atoms with Gasteiger partial charge in [0, 0.05) is 19.6 Å². The molecule has 1 aromatic heterocycles. The van der Waals surface area contributed by atoms with Crippen LogP contribution in [0.2, 0.25) is 0 Å². The number of hydrogen-bond donors (Lipinski definition) is 1. The van der Waals surface area contributed by atoms with Gasteiger partial charge in [-0.25, -0.2) is 9.78 Å². The molecule has 1 amide bonds. The number of nitrogens with one attached hydrogen (secondary N) is 1. The zero-order chi connectivity index (χ0) is 17.3. The Morgan fingerprint density at radius 1 is 1.46 bits per heavy atom. The fraction of sp³-hybridized carbons (Fsp3) is 0.500. The molecule has 126 valence electrons. The molecule has 3 rings (SSSR count). The molecule has 0 saturated carbocycles. The predicted octanol–water partition coefficient (Wildman–Crippen LogP) is 2.99. The van der Waals surface area contributed by atoms with E-state index in [1.807, 2.05) is 25.1 Å². The van der Waals surface area contributed by atoms with Crippen LogP contribution in [0.4, 0.5) is 10.5 Å². The van der Waals surface area contributed by atoms with Crippen LogP contribution in [-0.2, 0) is 0 Å². The maximum Gasteiger partial charge on any atom is 0.327 e. The second-order valence-corrected chi connectivity index (χ2v) is 7.20. The molecular formula is C18H23N5O. The fourth-order valence-electron chi connectivity index (χ4n) is 3.03. The van der Waals surface area contributed by atoms with Gasteiger partial charge in [0.15, 0.2) is 0 Å². The lowest BCUT2D eigenvalue weighted by Crippen LogP contribution is -2.54. The standard InChI is InChI=1S/C18H23N5O/c1-13(2)7-8-20-17(24)23-12-21-16-14(5-4-6-15(16)23)22-10-18(3,9-19)11-22/h4-6,12-13H,7-8,10-11H2,1-3H3,(H,20,24). The van der Waals surface area contributed by atoms with Crippen molar-refractivity contribution in [2.24, 2.45) is 11.3 Å². The Hall–Kier alpha value is -2.55. The number of para-hydroxylation sites is 1. The number of rotatable bonds is 4.